The molecule has 1 aromatic heterocycles. The molecule has 0 spiro atoms. The molecule has 5 rings (SSSR count). The van der Waals surface area contributed by atoms with Crippen molar-refractivity contribution in [2.45, 2.75) is 38.8 Å². The standard InChI is InChI=1S/C24H23NO4/c1-14-11-18-19(12-15(14)2)29-23-20(22(18)26)21(16-7-4-3-5-8-16)25(24(23)27)13-17-9-6-10-28-17/h3-5,7-8,11-12,17,21H,6,9-10,13H2,1-2H3/t17-,21-/m0/s1. The summed E-state index contributed by atoms with van der Waals surface area (Å²) in [6.45, 7) is 5.12. The van der Waals surface area contributed by atoms with Crippen LogP contribution in [0, 0.1) is 13.8 Å². The van der Waals surface area contributed by atoms with Gasteiger partial charge in [0.15, 0.2) is 5.43 Å². The van der Waals surface area contributed by atoms with Gasteiger partial charge < -0.3 is 14.1 Å². The monoisotopic (exact) mass is 389 g/mol. The Bertz CT molecular complexity index is 1160. The Morgan fingerprint density at radius 1 is 1.07 bits per heavy atom. The fourth-order valence-corrected chi connectivity index (χ4v) is 4.45. The molecule has 2 aromatic carbocycles. The number of carbonyl (C=O) groups excluding carboxylic acids is 1. The third-order valence-electron chi connectivity index (χ3n) is 6.12. The van der Waals surface area contributed by atoms with Gasteiger partial charge in [0.25, 0.3) is 5.91 Å². The number of ether oxygens (including phenoxy) is 1. The number of hydrogen-bond donors (Lipinski definition) is 0. The first-order chi connectivity index (χ1) is 14.0. The predicted octanol–water partition coefficient (Wildman–Crippen LogP) is 4.13. The summed E-state index contributed by atoms with van der Waals surface area (Å²) >= 11 is 0. The predicted molar refractivity (Wildman–Crippen MR) is 110 cm³/mol. The molecule has 148 valence electrons. The molecule has 1 amide bonds. The Labute approximate surface area is 168 Å². The summed E-state index contributed by atoms with van der Waals surface area (Å²) in [5.74, 6) is -0.0702. The van der Waals surface area contributed by atoms with Crippen LogP contribution in [-0.4, -0.2) is 30.1 Å². The van der Waals surface area contributed by atoms with Crippen molar-refractivity contribution in [2.75, 3.05) is 13.2 Å². The highest BCUT2D eigenvalue weighted by Crippen LogP contribution is 2.39. The van der Waals surface area contributed by atoms with Gasteiger partial charge in [-0.05, 0) is 55.5 Å². The fraction of sp³-hybridized carbons (Fsp3) is 0.333. The maximum absolute atomic E-state index is 13.5. The molecule has 0 saturated carbocycles. The first-order valence-corrected chi connectivity index (χ1v) is 10.1. The zero-order valence-corrected chi connectivity index (χ0v) is 16.6. The molecule has 1 saturated heterocycles. The molecule has 0 unspecified atom stereocenters. The van der Waals surface area contributed by atoms with Gasteiger partial charge in [-0.3, -0.25) is 9.59 Å². The van der Waals surface area contributed by atoms with Crippen LogP contribution in [0.3, 0.4) is 0 Å². The molecule has 5 nitrogen and oxygen atoms in total. The lowest BCUT2D eigenvalue weighted by Gasteiger charge is -2.27. The summed E-state index contributed by atoms with van der Waals surface area (Å²) in [7, 11) is 0. The molecule has 3 heterocycles. The Balaban J connectivity index is 1.72. The quantitative estimate of drug-likeness (QED) is 0.676. The van der Waals surface area contributed by atoms with E-state index in [0.717, 1.165) is 36.1 Å². The first-order valence-electron chi connectivity index (χ1n) is 10.1. The first kappa shape index (κ1) is 18.1. The van der Waals surface area contributed by atoms with Crippen LogP contribution in [0.5, 0.6) is 0 Å². The second kappa shape index (κ2) is 6.85. The number of aryl methyl sites for hydroxylation is 2. The minimum absolute atomic E-state index is 0.00604. The van der Waals surface area contributed by atoms with Crippen molar-refractivity contribution in [1.29, 1.82) is 0 Å². The van der Waals surface area contributed by atoms with Gasteiger partial charge in [-0.1, -0.05) is 30.3 Å². The summed E-state index contributed by atoms with van der Waals surface area (Å²) in [5.41, 5.74) is 3.75. The number of rotatable bonds is 3. The minimum Gasteiger partial charge on any atom is -0.450 e. The zero-order chi connectivity index (χ0) is 20.1. The highest BCUT2D eigenvalue weighted by atomic mass is 16.5. The van der Waals surface area contributed by atoms with E-state index >= 15 is 0 Å². The van der Waals surface area contributed by atoms with Crippen LogP contribution in [0.4, 0.5) is 0 Å². The van der Waals surface area contributed by atoms with Crippen LogP contribution in [0.15, 0.2) is 51.7 Å². The molecule has 1 fully saturated rings. The van der Waals surface area contributed by atoms with Gasteiger partial charge in [0.05, 0.1) is 23.1 Å². The summed E-state index contributed by atoms with van der Waals surface area (Å²) < 4.78 is 11.8. The third-order valence-corrected chi connectivity index (χ3v) is 6.12. The lowest BCUT2D eigenvalue weighted by molar-refractivity contribution is 0.0486. The Morgan fingerprint density at radius 3 is 2.55 bits per heavy atom. The molecule has 2 aliphatic rings. The van der Waals surface area contributed by atoms with Crippen LogP contribution < -0.4 is 5.43 Å². The maximum Gasteiger partial charge on any atom is 0.291 e. The summed E-state index contributed by atoms with van der Waals surface area (Å²) in [6, 6.07) is 13.0. The smallest absolute Gasteiger partial charge is 0.291 e. The summed E-state index contributed by atoms with van der Waals surface area (Å²) in [6.07, 6.45) is 1.91. The van der Waals surface area contributed by atoms with Crippen LogP contribution >= 0.6 is 0 Å². The molecule has 0 aliphatic carbocycles. The van der Waals surface area contributed by atoms with Gasteiger partial charge in [-0.25, -0.2) is 0 Å². The average Bonchev–Trinajstić information content (AvgIpc) is 3.32. The lowest BCUT2D eigenvalue weighted by atomic mass is 9.97. The molecule has 0 radical (unpaired) electrons. The van der Waals surface area contributed by atoms with E-state index in [4.69, 9.17) is 9.15 Å². The average molecular weight is 389 g/mol. The van der Waals surface area contributed by atoms with Crippen molar-refractivity contribution in [1.82, 2.24) is 4.90 Å². The van der Waals surface area contributed by atoms with E-state index in [1.54, 1.807) is 4.90 Å². The van der Waals surface area contributed by atoms with Crippen molar-refractivity contribution < 1.29 is 13.9 Å². The molecular weight excluding hydrogens is 366 g/mol. The third kappa shape index (κ3) is 2.88. The van der Waals surface area contributed by atoms with E-state index in [9.17, 15) is 9.59 Å². The molecule has 2 atom stereocenters. The number of amides is 1. The van der Waals surface area contributed by atoms with Crippen LogP contribution in [0.25, 0.3) is 11.0 Å². The molecule has 5 heteroatoms. The molecule has 29 heavy (non-hydrogen) atoms. The van der Waals surface area contributed by atoms with Gasteiger partial charge >= 0.3 is 0 Å². The van der Waals surface area contributed by atoms with Crippen molar-refractivity contribution >= 4 is 16.9 Å². The van der Waals surface area contributed by atoms with Crippen molar-refractivity contribution in [3.8, 4) is 0 Å². The molecule has 0 N–H and O–H groups in total. The number of benzene rings is 2. The Kier molecular flexibility index (Phi) is 4.28. The van der Waals surface area contributed by atoms with Gasteiger partial charge in [-0.2, -0.15) is 0 Å². The van der Waals surface area contributed by atoms with Crippen molar-refractivity contribution in [2.24, 2.45) is 0 Å². The molecule has 0 bridgehead atoms. The van der Waals surface area contributed by atoms with Gasteiger partial charge in [0, 0.05) is 13.2 Å². The normalized spacial score (nSPS) is 21.2. The Hall–Kier alpha value is -2.92. The summed E-state index contributed by atoms with van der Waals surface area (Å²) in [5, 5.41) is 0.527. The highest BCUT2D eigenvalue weighted by Gasteiger charge is 2.43. The van der Waals surface area contributed by atoms with E-state index in [-0.39, 0.29) is 23.2 Å². The second-order valence-corrected chi connectivity index (χ2v) is 8.01. The molecular formula is C24H23NO4. The van der Waals surface area contributed by atoms with E-state index in [1.807, 2.05) is 56.3 Å². The van der Waals surface area contributed by atoms with Crippen LogP contribution in [0.2, 0.25) is 0 Å². The minimum atomic E-state index is -0.454. The second-order valence-electron chi connectivity index (χ2n) is 8.01. The SMILES string of the molecule is Cc1cc2oc3c(c(=O)c2cc1C)[C@H](c1ccccc1)N(C[C@@H]1CCCO1)C3=O. The fourth-order valence-electron chi connectivity index (χ4n) is 4.45. The topological polar surface area (TPSA) is 59.8 Å². The molecule has 2 aliphatic heterocycles. The van der Waals surface area contributed by atoms with E-state index < -0.39 is 6.04 Å². The largest absolute Gasteiger partial charge is 0.450 e. The number of hydrogen-bond acceptors (Lipinski definition) is 4. The highest BCUT2D eigenvalue weighted by molar-refractivity contribution is 5.99. The van der Waals surface area contributed by atoms with Gasteiger partial charge in [0.2, 0.25) is 5.76 Å². The Morgan fingerprint density at radius 2 is 1.83 bits per heavy atom. The van der Waals surface area contributed by atoms with Crippen molar-refractivity contribution in [3.05, 3.63) is 80.7 Å². The molecule has 3 aromatic rings. The van der Waals surface area contributed by atoms with Gasteiger partial charge in [0.1, 0.15) is 5.58 Å². The maximum atomic E-state index is 13.5. The van der Waals surface area contributed by atoms with Gasteiger partial charge in [-0.15, -0.1) is 0 Å². The van der Waals surface area contributed by atoms with Crippen LogP contribution in [-0.2, 0) is 4.74 Å². The number of nitrogens with zero attached hydrogens (tertiary/aromatic N) is 1. The number of carbonyl (C=O) groups is 1. The van der Waals surface area contributed by atoms with Crippen molar-refractivity contribution in [3.63, 3.8) is 0 Å². The number of fused-ring (bicyclic) bond motifs is 2. The van der Waals surface area contributed by atoms with Crippen LogP contribution in [0.1, 0.15) is 51.7 Å². The van der Waals surface area contributed by atoms with E-state index in [0.29, 0.717) is 23.1 Å². The van der Waals surface area contributed by atoms with E-state index in [1.165, 1.54) is 0 Å². The zero-order valence-electron chi connectivity index (χ0n) is 16.6. The lowest BCUT2D eigenvalue weighted by Crippen LogP contribution is -2.36. The summed E-state index contributed by atoms with van der Waals surface area (Å²) in [4.78, 5) is 28.6. The van der Waals surface area contributed by atoms with E-state index in [2.05, 4.69) is 0 Å².